The van der Waals surface area contributed by atoms with E-state index in [1.54, 1.807) is 6.07 Å². The van der Waals surface area contributed by atoms with Crippen molar-refractivity contribution in [1.29, 1.82) is 0 Å². The fraction of sp³-hybridized carbons (Fsp3) is 0.267. The van der Waals surface area contributed by atoms with Gasteiger partial charge >= 0.3 is 0 Å². The Morgan fingerprint density at radius 2 is 2.05 bits per heavy atom. The van der Waals surface area contributed by atoms with Crippen molar-refractivity contribution in [1.82, 2.24) is 10.3 Å². The molecule has 0 fully saturated rings. The van der Waals surface area contributed by atoms with Gasteiger partial charge in [-0.1, -0.05) is 29.8 Å². The van der Waals surface area contributed by atoms with E-state index >= 15 is 0 Å². The van der Waals surface area contributed by atoms with Crippen LogP contribution in [0.4, 0.5) is 8.78 Å². The molecule has 1 aromatic heterocycles. The van der Waals surface area contributed by atoms with Crippen molar-refractivity contribution < 1.29 is 13.5 Å². The zero-order valence-corrected chi connectivity index (χ0v) is 13.2. The third kappa shape index (κ3) is 4.47. The minimum Gasteiger partial charge on any atom is -0.436 e. The Kier molecular flexibility index (Phi) is 5.25. The van der Waals surface area contributed by atoms with Crippen LogP contribution in [0.1, 0.15) is 19.4 Å². The quantitative estimate of drug-likeness (QED) is 0.861. The molecule has 21 heavy (non-hydrogen) atoms. The van der Waals surface area contributed by atoms with Gasteiger partial charge in [0.2, 0.25) is 5.88 Å². The summed E-state index contributed by atoms with van der Waals surface area (Å²) in [5, 5.41) is 3.15. The second-order valence-corrected chi connectivity index (χ2v) is 5.75. The Bertz CT molecular complexity index is 635. The lowest BCUT2D eigenvalue weighted by atomic mass is 10.2. The summed E-state index contributed by atoms with van der Waals surface area (Å²) >= 11 is 3.25. The van der Waals surface area contributed by atoms with Crippen molar-refractivity contribution in [2.24, 2.45) is 0 Å². The highest BCUT2D eigenvalue weighted by molar-refractivity contribution is 9.10. The van der Waals surface area contributed by atoms with Gasteiger partial charge in [-0.25, -0.2) is 13.8 Å². The predicted molar refractivity (Wildman–Crippen MR) is 80.3 cm³/mol. The zero-order chi connectivity index (χ0) is 15.4. The highest BCUT2D eigenvalue weighted by Gasteiger charge is 2.12. The molecule has 0 atom stereocenters. The molecule has 0 aliphatic carbocycles. The maximum Gasteiger partial charge on any atom is 0.224 e. The first-order valence-electron chi connectivity index (χ1n) is 6.46. The van der Waals surface area contributed by atoms with E-state index in [9.17, 15) is 8.78 Å². The van der Waals surface area contributed by atoms with Gasteiger partial charge in [-0.2, -0.15) is 0 Å². The molecule has 1 heterocycles. The van der Waals surface area contributed by atoms with Crippen molar-refractivity contribution >= 4 is 15.9 Å². The molecular weight excluding hydrogens is 342 g/mol. The Balaban J connectivity index is 2.28. The van der Waals surface area contributed by atoms with Crippen molar-refractivity contribution in [3.63, 3.8) is 0 Å². The monoisotopic (exact) mass is 356 g/mol. The molecule has 0 amide bonds. The molecule has 112 valence electrons. The summed E-state index contributed by atoms with van der Waals surface area (Å²) in [7, 11) is 0. The minimum absolute atomic E-state index is 0.0364. The Hall–Kier alpha value is -1.53. The second-order valence-electron chi connectivity index (χ2n) is 4.83. The highest BCUT2D eigenvalue weighted by atomic mass is 79.9. The first-order chi connectivity index (χ1) is 9.95. The number of aromatic nitrogens is 1. The molecule has 0 spiro atoms. The Morgan fingerprint density at radius 1 is 1.29 bits per heavy atom. The van der Waals surface area contributed by atoms with Crippen LogP contribution in [-0.4, -0.2) is 11.0 Å². The molecular formula is C15H15BrF2N2O. The summed E-state index contributed by atoms with van der Waals surface area (Å²) in [4.78, 5) is 3.90. The van der Waals surface area contributed by atoms with Crippen LogP contribution >= 0.6 is 15.9 Å². The predicted octanol–water partition coefficient (Wildman–Crippen LogP) is 4.41. The molecule has 0 radical (unpaired) electrons. The average Bonchev–Trinajstić information content (AvgIpc) is 2.43. The van der Waals surface area contributed by atoms with E-state index in [1.165, 1.54) is 18.2 Å². The summed E-state index contributed by atoms with van der Waals surface area (Å²) in [5.74, 6) is -0.749. The molecule has 2 aromatic rings. The van der Waals surface area contributed by atoms with Crippen molar-refractivity contribution in [2.45, 2.75) is 26.4 Å². The number of rotatable bonds is 5. The molecule has 2 rings (SSSR count). The van der Waals surface area contributed by atoms with Crippen LogP contribution in [0.25, 0.3) is 0 Å². The molecule has 6 heteroatoms. The summed E-state index contributed by atoms with van der Waals surface area (Å²) in [6.45, 7) is 4.33. The molecule has 3 nitrogen and oxygen atoms in total. The first kappa shape index (κ1) is 15.9. The Labute approximate surface area is 130 Å². The van der Waals surface area contributed by atoms with Gasteiger partial charge in [0.15, 0.2) is 11.6 Å². The molecule has 0 aliphatic heterocycles. The van der Waals surface area contributed by atoms with Gasteiger partial charge in [-0.15, -0.1) is 0 Å². The number of benzene rings is 1. The summed E-state index contributed by atoms with van der Waals surface area (Å²) in [6, 6.07) is 5.91. The van der Waals surface area contributed by atoms with Gasteiger partial charge in [0.25, 0.3) is 0 Å². The van der Waals surface area contributed by atoms with E-state index in [0.29, 0.717) is 16.6 Å². The maximum atomic E-state index is 13.7. The number of ether oxygens (including phenoxy) is 1. The minimum atomic E-state index is -0.507. The standard InChI is InChI=1S/C15H15BrF2N2O/c1-9(2)19-7-10-5-12(17)8-20-15(10)21-14-6-11(16)3-4-13(14)18/h3-6,8-9,19H,7H2,1-2H3. The molecule has 1 aromatic carbocycles. The molecule has 1 N–H and O–H groups in total. The highest BCUT2D eigenvalue weighted by Crippen LogP contribution is 2.28. The van der Waals surface area contributed by atoms with Crippen LogP contribution in [0.2, 0.25) is 0 Å². The normalized spacial score (nSPS) is 11.0. The molecule has 0 aliphatic rings. The average molecular weight is 357 g/mol. The van der Waals surface area contributed by atoms with Crippen LogP contribution in [-0.2, 0) is 6.54 Å². The molecule has 0 unspecified atom stereocenters. The van der Waals surface area contributed by atoms with Gasteiger partial charge < -0.3 is 10.1 Å². The zero-order valence-electron chi connectivity index (χ0n) is 11.7. The van der Waals surface area contributed by atoms with Crippen LogP contribution in [0.5, 0.6) is 11.6 Å². The topological polar surface area (TPSA) is 34.2 Å². The van der Waals surface area contributed by atoms with Gasteiger partial charge in [-0.05, 0) is 24.3 Å². The van der Waals surface area contributed by atoms with E-state index < -0.39 is 11.6 Å². The third-order valence-corrected chi connectivity index (χ3v) is 3.19. The third-order valence-electron chi connectivity index (χ3n) is 2.69. The fourth-order valence-corrected chi connectivity index (χ4v) is 2.00. The van der Waals surface area contributed by atoms with E-state index in [4.69, 9.17) is 4.74 Å². The number of halogens is 3. The smallest absolute Gasteiger partial charge is 0.224 e. The molecule has 0 bridgehead atoms. The second kappa shape index (κ2) is 6.95. The Morgan fingerprint density at radius 3 is 2.76 bits per heavy atom. The lowest BCUT2D eigenvalue weighted by Crippen LogP contribution is -2.22. The number of hydrogen-bond acceptors (Lipinski definition) is 3. The van der Waals surface area contributed by atoms with Gasteiger partial charge in [0, 0.05) is 22.6 Å². The largest absolute Gasteiger partial charge is 0.436 e. The van der Waals surface area contributed by atoms with Gasteiger partial charge in [-0.3, -0.25) is 0 Å². The number of pyridine rings is 1. The van der Waals surface area contributed by atoms with Crippen LogP contribution in [0.15, 0.2) is 34.9 Å². The number of nitrogens with zero attached hydrogens (tertiary/aromatic N) is 1. The molecule has 0 saturated heterocycles. The van der Waals surface area contributed by atoms with Crippen molar-refractivity contribution in [2.75, 3.05) is 0 Å². The van der Waals surface area contributed by atoms with E-state index in [1.807, 2.05) is 13.8 Å². The van der Waals surface area contributed by atoms with Crippen LogP contribution < -0.4 is 10.1 Å². The fourth-order valence-electron chi connectivity index (χ4n) is 1.66. The summed E-state index contributed by atoms with van der Waals surface area (Å²) < 4.78 is 33.2. The van der Waals surface area contributed by atoms with Crippen LogP contribution in [0, 0.1) is 11.6 Å². The van der Waals surface area contributed by atoms with Gasteiger partial charge in [0.05, 0.1) is 6.20 Å². The van der Waals surface area contributed by atoms with Crippen molar-refractivity contribution in [3.05, 3.63) is 52.1 Å². The lowest BCUT2D eigenvalue weighted by molar-refractivity contribution is 0.416. The maximum absolute atomic E-state index is 13.7. The SMILES string of the molecule is CC(C)NCc1cc(F)cnc1Oc1cc(Br)ccc1F. The summed E-state index contributed by atoms with van der Waals surface area (Å²) in [5.41, 5.74) is 0.531. The summed E-state index contributed by atoms with van der Waals surface area (Å²) in [6.07, 6.45) is 1.05. The molecule has 0 saturated carbocycles. The number of nitrogens with one attached hydrogen (secondary N) is 1. The first-order valence-corrected chi connectivity index (χ1v) is 7.25. The number of hydrogen-bond donors (Lipinski definition) is 1. The van der Waals surface area contributed by atoms with E-state index in [-0.39, 0.29) is 17.7 Å². The lowest BCUT2D eigenvalue weighted by Gasteiger charge is -2.13. The van der Waals surface area contributed by atoms with Gasteiger partial charge in [0.1, 0.15) is 5.82 Å². The van der Waals surface area contributed by atoms with E-state index in [0.717, 1.165) is 6.20 Å². The van der Waals surface area contributed by atoms with Crippen molar-refractivity contribution in [3.8, 4) is 11.6 Å². The van der Waals surface area contributed by atoms with E-state index in [2.05, 4.69) is 26.2 Å². The van der Waals surface area contributed by atoms with Crippen LogP contribution in [0.3, 0.4) is 0 Å².